The lowest BCUT2D eigenvalue weighted by Gasteiger charge is -2.22. The Morgan fingerprint density at radius 3 is 2.73 bits per heavy atom. The van der Waals surface area contributed by atoms with E-state index in [1.165, 1.54) is 6.33 Å². The lowest BCUT2D eigenvalue weighted by atomic mass is 10.3. The smallest absolute Gasteiger partial charge is 0.186 e. The van der Waals surface area contributed by atoms with Crippen molar-refractivity contribution in [2.75, 3.05) is 23.9 Å². The number of aromatic nitrogens is 2. The summed E-state index contributed by atoms with van der Waals surface area (Å²) in [4.78, 5) is 9.60. The van der Waals surface area contributed by atoms with Gasteiger partial charge < -0.3 is 4.90 Å². The molecule has 0 unspecified atom stereocenters. The van der Waals surface area contributed by atoms with Gasteiger partial charge in [0.05, 0.1) is 5.69 Å². The van der Waals surface area contributed by atoms with E-state index in [4.69, 9.17) is 11.6 Å². The van der Waals surface area contributed by atoms with Crippen LogP contribution >= 0.6 is 11.6 Å². The molecule has 0 aliphatic carbocycles. The van der Waals surface area contributed by atoms with Gasteiger partial charge in [0.15, 0.2) is 11.6 Å². The van der Waals surface area contributed by atoms with Crippen molar-refractivity contribution < 1.29 is 4.39 Å². The molecule has 15 heavy (non-hydrogen) atoms. The Morgan fingerprint density at radius 2 is 2.13 bits per heavy atom. The third-order valence-electron chi connectivity index (χ3n) is 2.09. The molecule has 1 heterocycles. The fourth-order valence-electron chi connectivity index (χ4n) is 1.36. The van der Waals surface area contributed by atoms with E-state index in [2.05, 4.69) is 9.97 Å². The quantitative estimate of drug-likeness (QED) is 0.729. The van der Waals surface area contributed by atoms with Gasteiger partial charge in [-0.15, -0.1) is 11.6 Å². The average molecular weight is 232 g/mol. The topological polar surface area (TPSA) is 29.0 Å². The summed E-state index contributed by atoms with van der Waals surface area (Å²) >= 11 is 5.67. The lowest BCUT2D eigenvalue weighted by Crippen LogP contribution is -2.28. The minimum absolute atomic E-state index is 0.351. The van der Waals surface area contributed by atoms with Gasteiger partial charge in [-0.05, 0) is 13.3 Å². The number of hydrogen-bond acceptors (Lipinski definition) is 3. The van der Waals surface area contributed by atoms with Crippen LogP contribution in [-0.4, -0.2) is 28.9 Å². The second-order valence-electron chi connectivity index (χ2n) is 3.27. The predicted octanol–water partition coefficient (Wildman–Crippen LogP) is 2.38. The molecule has 0 saturated carbocycles. The van der Waals surface area contributed by atoms with E-state index in [0.29, 0.717) is 23.9 Å². The second-order valence-corrected chi connectivity index (χ2v) is 3.65. The predicted molar refractivity (Wildman–Crippen MR) is 60.0 cm³/mol. The highest BCUT2D eigenvalue weighted by atomic mass is 35.5. The molecule has 84 valence electrons. The van der Waals surface area contributed by atoms with Gasteiger partial charge in [0.25, 0.3) is 0 Å². The van der Waals surface area contributed by atoms with E-state index in [9.17, 15) is 4.39 Å². The standard InChI is InChI=1S/C10H15ClFN3/c1-3-5-15(6-4-11)10-9(12)8(2)13-7-14-10/h7H,3-6H2,1-2H3. The van der Waals surface area contributed by atoms with Crippen LogP contribution in [0.4, 0.5) is 10.2 Å². The third kappa shape index (κ3) is 3.02. The molecule has 0 aliphatic heterocycles. The first kappa shape index (κ1) is 12.2. The fourth-order valence-corrected chi connectivity index (χ4v) is 1.57. The van der Waals surface area contributed by atoms with Gasteiger partial charge in [-0.3, -0.25) is 0 Å². The number of hydrogen-bond donors (Lipinski definition) is 0. The zero-order chi connectivity index (χ0) is 11.3. The van der Waals surface area contributed by atoms with Crippen LogP contribution in [0.2, 0.25) is 0 Å². The summed E-state index contributed by atoms with van der Waals surface area (Å²) in [5, 5.41) is 0. The first-order valence-electron chi connectivity index (χ1n) is 4.98. The number of nitrogens with zero attached hydrogens (tertiary/aromatic N) is 3. The van der Waals surface area contributed by atoms with E-state index in [0.717, 1.165) is 13.0 Å². The third-order valence-corrected chi connectivity index (χ3v) is 2.26. The van der Waals surface area contributed by atoms with Crippen molar-refractivity contribution in [1.29, 1.82) is 0 Å². The molecule has 0 amide bonds. The summed E-state index contributed by atoms with van der Waals surface area (Å²) in [6.45, 7) is 5.02. The van der Waals surface area contributed by atoms with Gasteiger partial charge in [0, 0.05) is 19.0 Å². The van der Waals surface area contributed by atoms with Gasteiger partial charge in [0.2, 0.25) is 0 Å². The highest BCUT2D eigenvalue weighted by Crippen LogP contribution is 2.17. The number of rotatable bonds is 5. The zero-order valence-corrected chi connectivity index (χ0v) is 9.76. The molecular weight excluding hydrogens is 217 g/mol. The molecule has 3 nitrogen and oxygen atoms in total. The maximum Gasteiger partial charge on any atom is 0.186 e. The Bertz CT molecular complexity index is 314. The van der Waals surface area contributed by atoms with Gasteiger partial charge in [-0.25, -0.2) is 14.4 Å². The summed E-state index contributed by atoms with van der Waals surface area (Å²) in [6.07, 6.45) is 2.31. The number of anilines is 1. The van der Waals surface area contributed by atoms with Crippen molar-refractivity contribution in [2.24, 2.45) is 0 Å². The molecule has 0 atom stereocenters. The second kappa shape index (κ2) is 5.85. The molecule has 5 heteroatoms. The van der Waals surface area contributed by atoms with E-state index in [1.807, 2.05) is 11.8 Å². The van der Waals surface area contributed by atoms with Crippen LogP contribution in [-0.2, 0) is 0 Å². The Labute approximate surface area is 94.3 Å². The van der Waals surface area contributed by atoms with Crippen LogP contribution in [0.3, 0.4) is 0 Å². The van der Waals surface area contributed by atoms with E-state index >= 15 is 0 Å². The molecule has 0 aromatic carbocycles. The highest BCUT2D eigenvalue weighted by Gasteiger charge is 2.14. The number of aryl methyl sites for hydroxylation is 1. The van der Waals surface area contributed by atoms with Crippen molar-refractivity contribution >= 4 is 17.4 Å². The Morgan fingerprint density at radius 1 is 1.40 bits per heavy atom. The minimum Gasteiger partial charge on any atom is -0.353 e. The lowest BCUT2D eigenvalue weighted by molar-refractivity contribution is 0.590. The van der Waals surface area contributed by atoms with Crippen LogP contribution in [0.1, 0.15) is 19.0 Å². The molecule has 1 aromatic rings. The molecule has 1 aromatic heterocycles. The highest BCUT2D eigenvalue weighted by molar-refractivity contribution is 6.18. The largest absolute Gasteiger partial charge is 0.353 e. The van der Waals surface area contributed by atoms with Crippen molar-refractivity contribution in [3.8, 4) is 0 Å². The summed E-state index contributed by atoms with van der Waals surface area (Å²) in [6, 6.07) is 0. The number of halogens is 2. The first-order valence-corrected chi connectivity index (χ1v) is 5.52. The summed E-state index contributed by atoms with van der Waals surface area (Å²) in [5.41, 5.74) is 0.371. The SMILES string of the molecule is CCCN(CCCl)c1ncnc(C)c1F. The monoisotopic (exact) mass is 231 g/mol. The Balaban J connectivity index is 2.94. The van der Waals surface area contributed by atoms with Gasteiger partial charge in [0.1, 0.15) is 6.33 Å². The van der Waals surface area contributed by atoms with E-state index in [-0.39, 0.29) is 5.82 Å². The fraction of sp³-hybridized carbons (Fsp3) is 0.600. The molecule has 0 spiro atoms. The van der Waals surface area contributed by atoms with Crippen LogP contribution in [0.15, 0.2) is 6.33 Å². The molecule has 0 aliphatic rings. The summed E-state index contributed by atoms with van der Waals surface area (Å²) in [5.74, 6) is 0.462. The molecule has 0 N–H and O–H groups in total. The minimum atomic E-state index is -0.351. The molecule has 0 radical (unpaired) electrons. The van der Waals surface area contributed by atoms with E-state index in [1.54, 1.807) is 6.92 Å². The zero-order valence-electron chi connectivity index (χ0n) is 9.00. The molecular formula is C10H15ClFN3. The van der Waals surface area contributed by atoms with Gasteiger partial charge in [-0.2, -0.15) is 0 Å². The maximum absolute atomic E-state index is 13.7. The van der Waals surface area contributed by atoms with E-state index < -0.39 is 0 Å². The first-order chi connectivity index (χ1) is 7.20. The van der Waals surface area contributed by atoms with Crippen molar-refractivity contribution in [3.05, 3.63) is 17.8 Å². The van der Waals surface area contributed by atoms with Crippen LogP contribution in [0.25, 0.3) is 0 Å². The van der Waals surface area contributed by atoms with Gasteiger partial charge in [-0.1, -0.05) is 6.92 Å². The van der Waals surface area contributed by atoms with Crippen LogP contribution in [0.5, 0.6) is 0 Å². The average Bonchev–Trinajstić information content (AvgIpc) is 2.22. The van der Waals surface area contributed by atoms with Crippen LogP contribution in [0, 0.1) is 12.7 Å². The molecule has 0 saturated heterocycles. The van der Waals surface area contributed by atoms with Crippen molar-refractivity contribution in [3.63, 3.8) is 0 Å². The van der Waals surface area contributed by atoms with Crippen molar-refractivity contribution in [1.82, 2.24) is 9.97 Å². The number of alkyl halides is 1. The Kier molecular flexibility index (Phi) is 4.75. The summed E-state index contributed by atoms with van der Waals surface area (Å²) < 4.78 is 13.7. The normalized spacial score (nSPS) is 10.4. The summed E-state index contributed by atoms with van der Waals surface area (Å²) in [7, 11) is 0. The van der Waals surface area contributed by atoms with Crippen molar-refractivity contribution in [2.45, 2.75) is 20.3 Å². The Hall–Kier alpha value is -0.900. The maximum atomic E-state index is 13.7. The molecule has 0 fully saturated rings. The molecule has 0 bridgehead atoms. The van der Waals surface area contributed by atoms with Crippen LogP contribution < -0.4 is 4.90 Å². The van der Waals surface area contributed by atoms with Gasteiger partial charge >= 0.3 is 0 Å². The molecule has 1 rings (SSSR count).